The molecule has 17 rings (SSSR count). The molecule has 42 nitrogen and oxygen atoms in total. The lowest BCUT2D eigenvalue weighted by atomic mass is 9.95. The molecule has 0 radical (unpaired) electrons. The Balaban J connectivity index is 0.00000216. The Labute approximate surface area is 749 Å². The normalized spacial score (nSPS) is 20.0. The number of nitrogens with one attached hydrogen (secondary N) is 10. The third-order valence-electron chi connectivity index (χ3n) is 25.9. The number of ketones is 1. The molecule has 3 aromatic carbocycles. The van der Waals surface area contributed by atoms with Crippen LogP contribution in [0.25, 0.3) is 32.7 Å². The molecule has 0 amide bonds. The molecule has 14 heterocycles. The van der Waals surface area contributed by atoms with Gasteiger partial charge in [0.05, 0.1) is 75.7 Å². The van der Waals surface area contributed by atoms with Gasteiger partial charge in [-0.1, -0.05) is 6.92 Å². The van der Waals surface area contributed by atoms with Crippen LogP contribution in [0.4, 0.5) is 40.3 Å². The first-order chi connectivity index (χ1) is 63.2. The minimum atomic E-state index is -1.45. The van der Waals surface area contributed by atoms with Crippen LogP contribution in [0.5, 0.6) is 23.1 Å². The van der Waals surface area contributed by atoms with Gasteiger partial charge in [0.15, 0.2) is 81.5 Å². The summed E-state index contributed by atoms with van der Waals surface area (Å²) in [6, 6.07) is 4.82. The first kappa shape index (κ1) is 91.8. The molecule has 5 fully saturated rings. The zero-order valence-electron chi connectivity index (χ0n) is 72.7. The quantitative estimate of drug-likeness (QED) is 0.0404. The van der Waals surface area contributed by atoms with Gasteiger partial charge >= 0.3 is 30.1 Å². The summed E-state index contributed by atoms with van der Waals surface area (Å²) >= 11 is 0. The van der Waals surface area contributed by atoms with Crippen molar-refractivity contribution in [2.24, 2.45) is 5.92 Å². The molecule has 5 unspecified atom stereocenters. The number of halogens is 4. The number of ether oxygens (including phenoxy) is 4. The Morgan fingerprint density at radius 3 is 1.08 bits per heavy atom. The number of amidine groups is 4. The Morgan fingerprint density at radius 1 is 0.424 bits per heavy atom. The molecule has 7 aromatic rings. The second-order valence-corrected chi connectivity index (χ2v) is 33.7. The molecule has 46 heteroatoms. The number of aromatic nitrogens is 4. The van der Waals surface area contributed by atoms with Gasteiger partial charge in [-0.2, -0.15) is 19.2 Å². The number of allylic oxidation sites excluding steroid dienone is 2. The molecule has 10 aliphatic rings. The molecule has 0 aliphatic carbocycles. The minimum absolute atomic E-state index is 0.000275. The number of hydrogen-bond acceptors (Lipinski definition) is 26. The maximum absolute atomic E-state index is 16.5. The topological polar surface area (TPSA) is 520 Å². The number of hydrogen-bond donors (Lipinski definition) is 12. The van der Waals surface area contributed by atoms with Crippen molar-refractivity contribution in [3.8, 4) is 23.1 Å². The number of carbonyl (C=O) groups excluding carboxylic acids is 5. The van der Waals surface area contributed by atoms with Crippen molar-refractivity contribution in [3.63, 3.8) is 0 Å². The summed E-state index contributed by atoms with van der Waals surface area (Å²) in [7, 11) is 0. The first-order valence-corrected chi connectivity index (χ1v) is 43.1. The van der Waals surface area contributed by atoms with E-state index in [1.807, 2.05) is 39.2 Å². The van der Waals surface area contributed by atoms with Gasteiger partial charge in [-0.3, -0.25) is 73.1 Å². The number of benzene rings is 3. The van der Waals surface area contributed by atoms with E-state index in [1.54, 1.807) is 77.8 Å². The van der Waals surface area contributed by atoms with Gasteiger partial charge < -0.3 is 102 Å². The van der Waals surface area contributed by atoms with Crippen LogP contribution in [0.3, 0.4) is 0 Å². The lowest BCUT2D eigenvalue weighted by Gasteiger charge is -2.41. The van der Waals surface area contributed by atoms with Crippen LogP contribution in [0, 0.1) is 72.5 Å². The Bertz CT molecular complexity index is 6230. The van der Waals surface area contributed by atoms with Crippen LogP contribution >= 0.6 is 0 Å². The van der Waals surface area contributed by atoms with Gasteiger partial charge in [-0.15, -0.1) is 4.57 Å². The highest BCUT2D eigenvalue weighted by Crippen LogP contribution is 2.46. The number of rotatable bonds is 10. The van der Waals surface area contributed by atoms with Gasteiger partial charge in [0, 0.05) is 182 Å². The van der Waals surface area contributed by atoms with Crippen molar-refractivity contribution in [1.82, 2.24) is 63.5 Å². The van der Waals surface area contributed by atoms with Crippen LogP contribution in [0.1, 0.15) is 95.9 Å². The molecule has 5 saturated heterocycles. The Kier molecular flexibility index (Phi) is 26.4. The summed E-state index contributed by atoms with van der Waals surface area (Å²) in [6.45, 7) is 11.3. The largest absolute Gasteiger partial charge is 0.487 e. The standard InChI is InChI=1S/C84H98F4N26O12.2CO2/c1-45-41-126-78-72(57(88)36-59-61(116)6-5-58(45)114(59)78)106-19-13-102(14-20-106)65(92)38-63(90)100-10-9-99(62(89)37-64(91)101-11-17-103(18-12-101)70-55(86)34-50-67-76(70)124-43-47(3)112(67)39-52(73(50)117)79(119)120)15-25-107(82(94)98-84(96)110-29-23-105(24-30-110)71-56(87)35-51-68-77(71)125-44-48(4)113(68)40-53(74(51)118)80(121)122)31-32-108(26-16-100)81(93)97-83(95)109-27-21-104(22-28-109)69-54(85)33-49-60(115)7-8-111-46(2)42-123-75(69)66(49)111;2*2-1-3/h5-8,33-36,39-40,45-48,58,89-92H,9-32,37-38,41-44H2,1-4H3,(H7-,93,94,95,96,97,98,119,120,121,122);;/p+1. The number of pyridine rings is 4. The van der Waals surface area contributed by atoms with Crippen molar-refractivity contribution in [2.45, 2.75) is 64.7 Å². The lowest BCUT2D eigenvalue weighted by molar-refractivity contribution is -0.734. The monoisotopic (exact) mass is 1830 g/mol. The van der Waals surface area contributed by atoms with E-state index in [9.17, 15) is 82.3 Å². The highest BCUT2D eigenvalue weighted by Gasteiger charge is 2.46. The van der Waals surface area contributed by atoms with Gasteiger partial charge in [-0.05, 0) is 51.1 Å². The predicted octanol–water partition coefficient (Wildman–Crippen LogP) is 3.30. The van der Waals surface area contributed by atoms with E-state index in [4.69, 9.17) is 38.1 Å². The molecule has 12 N–H and O–H groups in total. The van der Waals surface area contributed by atoms with E-state index in [2.05, 4.69) is 10.6 Å². The van der Waals surface area contributed by atoms with E-state index >= 15 is 17.6 Å². The lowest BCUT2D eigenvalue weighted by Crippen LogP contribution is -2.58. The molecule has 0 bridgehead atoms. The summed E-state index contributed by atoms with van der Waals surface area (Å²) in [6.07, 6.45) is 7.56. The first-order valence-electron chi connectivity index (χ1n) is 43.1. The third-order valence-corrected chi connectivity index (χ3v) is 25.9. The smallest absolute Gasteiger partial charge is 0.396 e. The average Bonchev–Trinajstić information content (AvgIpc) is 0.728. The van der Waals surface area contributed by atoms with Crippen molar-refractivity contribution in [2.75, 3.05) is 203 Å². The SMILES string of the molecule is CC1COc2c(N3CCN(C(=N)CC(=N)N4CCN(C(=N)CC(=N)N5CCN(c6c(F)cc7c(=O)c(C(=O)O)cn8c7c6OCC8C)CC5)CCN(C(=N)NC(=N)N5CCN(c6c(F)cc7c(=O)c(C(=O)O)cn8c7c6OCC8C)CC5)CCN(C(=N)NC(=N)N5CCN(c6c(F)cc7c(=O)ccn8c7c6OCC8C)CC5)CC4)CC3)c(F)cc3[n+]2C1C=CC3=O.O=C=O.O=C=O. The number of aromatic carboxylic acids is 2. The summed E-state index contributed by atoms with van der Waals surface area (Å²) in [5.41, 5.74) is -1.31. The van der Waals surface area contributed by atoms with E-state index in [1.165, 1.54) is 36.7 Å². The van der Waals surface area contributed by atoms with Crippen LogP contribution in [-0.2, 0) is 19.2 Å². The number of carboxylic acids is 2. The van der Waals surface area contributed by atoms with E-state index < -0.39 is 69.3 Å². The zero-order valence-corrected chi connectivity index (χ0v) is 72.7. The molecule has 4 aromatic heterocycles. The molecule has 696 valence electrons. The maximum Gasteiger partial charge on any atom is 0.396 e. The van der Waals surface area contributed by atoms with Crippen LogP contribution in [-0.4, -0.2) is 324 Å². The third kappa shape index (κ3) is 17.7. The maximum atomic E-state index is 16.5. The van der Waals surface area contributed by atoms with Crippen molar-refractivity contribution in [1.29, 1.82) is 43.3 Å². The molecule has 5 atom stereocenters. The molecule has 10 aliphatic heterocycles. The number of guanidine groups is 4. The van der Waals surface area contributed by atoms with Gasteiger partial charge in [0.2, 0.25) is 16.6 Å². The summed E-state index contributed by atoms with van der Waals surface area (Å²) < 4.78 is 97.4. The number of carbonyl (C=O) groups is 3. The number of carboxylic acid groups (broad SMARTS) is 2. The number of piperazine rings is 4. The van der Waals surface area contributed by atoms with Gasteiger partial charge in [-0.25, -0.2) is 27.2 Å². The van der Waals surface area contributed by atoms with Crippen molar-refractivity contribution < 1.29 is 84.9 Å². The average molecular weight is 1830 g/mol. The van der Waals surface area contributed by atoms with Crippen molar-refractivity contribution >= 4 is 133 Å². The number of anilines is 4. The summed E-state index contributed by atoms with van der Waals surface area (Å²) in [4.78, 5) is 131. The fraction of sp³-hybridized carbons (Fsp3) is 0.453. The molecular formula is C86H99F4N26O16+. The van der Waals surface area contributed by atoms with E-state index in [0.29, 0.717) is 12.1 Å². The highest BCUT2D eigenvalue weighted by molar-refractivity contribution is 6.05. The Hall–Kier alpha value is -15.0. The second kappa shape index (κ2) is 38.0. The van der Waals surface area contributed by atoms with Gasteiger partial charge in [0.25, 0.3) is 5.69 Å². The Morgan fingerprint density at radius 2 is 0.727 bits per heavy atom. The van der Waals surface area contributed by atoms with Gasteiger partial charge in [0.1, 0.15) is 78.0 Å². The highest BCUT2D eigenvalue weighted by atomic mass is 19.1. The van der Waals surface area contributed by atoms with Crippen LogP contribution < -0.4 is 70.0 Å². The zero-order chi connectivity index (χ0) is 94.3. The van der Waals surface area contributed by atoms with E-state index in [-0.39, 0.29) is 357 Å². The van der Waals surface area contributed by atoms with E-state index in [0.717, 1.165) is 12.1 Å². The van der Waals surface area contributed by atoms with Crippen molar-refractivity contribution in [3.05, 3.63) is 132 Å². The number of nitrogens with zero attached hydrogens (tertiary/aromatic N) is 16. The second-order valence-electron chi connectivity index (χ2n) is 33.7. The fourth-order valence-electron chi connectivity index (χ4n) is 18.8. The minimum Gasteiger partial charge on any atom is -0.487 e. The summed E-state index contributed by atoms with van der Waals surface area (Å²) in [5.74, 6) is -6.08. The van der Waals surface area contributed by atoms with Crippen LogP contribution in [0.2, 0.25) is 0 Å². The molecule has 0 spiro atoms. The molecular weight excluding hydrogens is 1730 g/mol. The van der Waals surface area contributed by atoms with Crippen LogP contribution in [0.15, 0.2) is 75.5 Å². The predicted molar refractivity (Wildman–Crippen MR) is 472 cm³/mol. The fourth-order valence-corrected chi connectivity index (χ4v) is 18.8. The summed E-state index contributed by atoms with van der Waals surface area (Å²) in [5, 5.41) is 103. The molecule has 132 heavy (non-hydrogen) atoms. The molecule has 0 saturated carbocycles.